The van der Waals surface area contributed by atoms with Crippen LogP contribution >= 0.6 is 0 Å². The van der Waals surface area contributed by atoms with Crippen molar-refractivity contribution in [2.45, 2.75) is 33.2 Å². The summed E-state index contributed by atoms with van der Waals surface area (Å²) < 4.78 is 13.0. The quantitative estimate of drug-likeness (QED) is 0.588. The van der Waals surface area contributed by atoms with E-state index in [9.17, 15) is 9.18 Å². The first kappa shape index (κ1) is 16.9. The predicted octanol–water partition coefficient (Wildman–Crippen LogP) is 2.12. The molecule has 0 aliphatic rings. The van der Waals surface area contributed by atoms with Crippen molar-refractivity contribution in [3.05, 3.63) is 30.1 Å². The third-order valence-electron chi connectivity index (χ3n) is 2.33. The highest BCUT2D eigenvalue weighted by molar-refractivity contribution is 5.94. The summed E-state index contributed by atoms with van der Waals surface area (Å²) in [6.07, 6.45) is 0. The molecule has 0 bridgehead atoms. The van der Waals surface area contributed by atoms with Crippen molar-refractivity contribution in [2.75, 3.05) is 18.4 Å². The minimum absolute atomic E-state index is 0.0398. The summed E-state index contributed by atoms with van der Waals surface area (Å²) in [6.45, 7) is 8.63. The molecular weight excluding hydrogens is 271 g/mol. The zero-order chi connectivity index (χ0) is 15.9. The van der Waals surface area contributed by atoms with Crippen LogP contribution in [0.1, 0.15) is 27.7 Å². The number of carbonyl (C=O) groups excluding carboxylic acids is 1. The molecule has 0 heterocycles. The van der Waals surface area contributed by atoms with E-state index in [0.29, 0.717) is 18.2 Å². The highest BCUT2D eigenvalue weighted by atomic mass is 19.1. The molecule has 21 heavy (non-hydrogen) atoms. The first-order valence-corrected chi connectivity index (χ1v) is 6.92. The van der Waals surface area contributed by atoms with Gasteiger partial charge in [-0.2, -0.15) is 0 Å². The van der Waals surface area contributed by atoms with Crippen molar-refractivity contribution in [1.82, 2.24) is 10.6 Å². The van der Waals surface area contributed by atoms with Crippen molar-refractivity contribution in [1.29, 1.82) is 0 Å². The van der Waals surface area contributed by atoms with Crippen molar-refractivity contribution in [3.63, 3.8) is 0 Å². The van der Waals surface area contributed by atoms with Crippen LogP contribution in [0.4, 0.5) is 10.1 Å². The lowest BCUT2D eigenvalue weighted by molar-refractivity contribution is -0.114. The molecule has 1 aromatic carbocycles. The van der Waals surface area contributed by atoms with Crippen LogP contribution in [0.5, 0.6) is 0 Å². The van der Waals surface area contributed by atoms with Crippen LogP contribution < -0.4 is 16.0 Å². The van der Waals surface area contributed by atoms with Crippen LogP contribution in [0.15, 0.2) is 29.3 Å². The Morgan fingerprint density at radius 2 is 2.05 bits per heavy atom. The molecule has 0 radical (unpaired) electrons. The second-order valence-electron chi connectivity index (χ2n) is 5.63. The van der Waals surface area contributed by atoms with E-state index in [-0.39, 0.29) is 23.8 Å². The molecule has 116 valence electrons. The Balaban J connectivity index is 2.61. The number of aliphatic imine (C=N–C) groups is 1. The lowest BCUT2D eigenvalue weighted by Gasteiger charge is -2.23. The smallest absolute Gasteiger partial charge is 0.246 e. The van der Waals surface area contributed by atoms with Gasteiger partial charge >= 0.3 is 0 Å². The van der Waals surface area contributed by atoms with E-state index in [4.69, 9.17) is 0 Å². The number of nitrogens with zero attached hydrogens (tertiary/aromatic N) is 1. The lowest BCUT2D eigenvalue weighted by atomic mass is 10.1. The minimum Gasteiger partial charge on any atom is -0.357 e. The summed E-state index contributed by atoms with van der Waals surface area (Å²) in [4.78, 5) is 16.0. The van der Waals surface area contributed by atoms with Crippen LogP contribution in [0.25, 0.3) is 0 Å². The Kier molecular flexibility index (Phi) is 6.14. The zero-order valence-corrected chi connectivity index (χ0v) is 13.0. The van der Waals surface area contributed by atoms with Crippen molar-refractivity contribution >= 4 is 17.6 Å². The Labute approximate surface area is 125 Å². The Morgan fingerprint density at radius 3 is 2.62 bits per heavy atom. The van der Waals surface area contributed by atoms with Gasteiger partial charge in [0.2, 0.25) is 5.91 Å². The van der Waals surface area contributed by atoms with Crippen LogP contribution in [0.2, 0.25) is 0 Å². The molecule has 1 aromatic rings. The molecule has 0 saturated carbocycles. The Morgan fingerprint density at radius 1 is 1.33 bits per heavy atom. The highest BCUT2D eigenvalue weighted by Gasteiger charge is 2.12. The van der Waals surface area contributed by atoms with Gasteiger partial charge < -0.3 is 16.0 Å². The molecule has 3 N–H and O–H groups in total. The van der Waals surface area contributed by atoms with Gasteiger partial charge in [0.25, 0.3) is 0 Å². The molecule has 5 nitrogen and oxygen atoms in total. The maximum atomic E-state index is 13.0. The topological polar surface area (TPSA) is 65.5 Å². The number of anilines is 1. The molecule has 0 aliphatic heterocycles. The summed E-state index contributed by atoms with van der Waals surface area (Å²) in [5.74, 6) is -0.120. The Bertz CT molecular complexity index is 509. The minimum atomic E-state index is -0.390. The van der Waals surface area contributed by atoms with Gasteiger partial charge in [-0.3, -0.25) is 4.79 Å². The summed E-state index contributed by atoms with van der Waals surface area (Å²) in [5.41, 5.74) is 0.268. The first-order valence-electron chi connectivity index (χ1n) is 6.92. The van der Waals surface area contributed by atoms with Gasteiger partial charge in [-0.15, -0.1) is 0 Å². The number of benzene rings is 1. The number of hydrogen-bond acceptors (Lipinski definition) is 2. The molecule has 0 fully saturated rings. The van der Waals surface area contributed by atoms with E-state index >= 15 is 0 Å². The fourth-order valence-electron chi connectivity index (χ4n) is 1.58. The molecule has 0 aromatic heterocycles. The van der Waals surface area contributed by atoms with Crippen molar-refractivity contribution < 1.29 is 9.18 Å². The van der Waals surface area contributed by atoms with Crippen molar-refractivity contribution in [3.8, 4) is 0 Å². The number of carbonyl (C=O) groups is 1. The Hall–Kier alpha value is -2.11. The highest BCUT2D eigenvalue weighted by Crippen LogP contribution is 2.08. The molecule has 0 saturated heterocycles. The number of guanidine groups is 1. The van der Waals surface area contributed by atoms with Gasteiger partial charge in [0.15, 0.2) is 5.96 Å². The second-order valence-corrected chi connectivity index (χ2v) is 5.63. The fourth-order valence-corrected chi connectivity index (χ4v) is 1.58. The molecule has 0 atom stereocenters. The largest absolute Gasteiger partial charge is 0.357 e. The SMILES string of the molecule is CCNC(=NCC(=O)Nc1cccc(F)c1)NC(C)(C)C. The van der Waals surface area contributed by atoms with E-state index in [0.717, 1.165) is 0 Å². The number of hydrogen-bond donors (Lipinski definition) is 3. The number of amides is 1. The summed E-state index contributed by atoms with van der Waals surface area (Å²) in [6, 6.07) is 5.76. The third kappa shape index (κ3) is 7.29. The lowest BCUT2D eigenvalue weighted by Crippen LogP contribution is -2.47. The maximum absolute atomic E-state index is 13.0. The standard InChI is InChI=1S/C15H23FN4O/c1-5-17-14(20-15(2,3)4)18-10-13(21)19-12-8-6-7-11(16)9-12/h6-9H,5,10H2,1-4H3,(H,19,21)(H2,17,18,20). The second kappa shape index (κ2) is 7.61. The molecular formula is C15H23FN4O. The van der Waals surface area contributed by atoms with Gasteiger partial charge in [0, 0.05) is 17.8 Å². The molecule has 6 heteroatoms. The number of rotatable bonds is 4. The molecule has 1 amide bonds. The fraction of sp³-hybridized carbons (Fsp3) is 0.467. The van der Waals surface area contributed by atoms with E-state index in [1.54, 1.807) is 12.1 Å². The summed E-state index contributed by atoms with van der Waals surface area (Å²) in [5, 5.41) is 8.85. The monoisotopic (exact) mass is 294 g/mol. The zero-order valence-electron chi connectivity index (χ0n) is 13.0. The third-order valence-corrected chi connectivity index (χ3v) is 2.33. The maximum Gasteiger partial charge on any atom is 0.246 e. The molecule has 0 spiro atoms. The summed E-state index contributed by atoms with van der Waals surface area (Å²) in [7, 11) is 0. The predicted molar refractivity (Wildman–Crippen MR) is 83.9 cm³/mol. The van der Waals surface area contributed by atoms with Crippen LogP contribution in [0, 0.1) is 5.82 Å². The van der Waals surface area contributed by atoms with E-state index in [2.05, 4.69) is 20.9 Å². The van der Waals surface area contributed by atoms with Crippen molar-refractivity contribution in [2.24, 2.45) is 4.99 Å². The number of nitrogens with one attached hydrogen (secondary N) is 3. The van der Waals surface area contributed by atoms with Crippen LogP contribution in [0.3, 0.4) is 0 Å². The normalized spacial score (nSPS) is 12.0. The van der Waals surface area contributed by atoms with Gasteiger partial charge in [0.05, 0.1) is 0 Å². The molecule has 1 rings (SSSR count). The van der Waals surface area contributed by atoms with E-state index in [1.807, 2.05) is 27.7 Å². The number of halogens is 1. The first-order chi connectivity index (χ1) is 9.80. The van der Waals surface area contributed by atoms with E-state index in [1.165, 1.54) is 12.1 Å². The average Bonchev–Trinajstić information content (AvgIpc) is 2.34. The van der Waals surface area contributed by atoms with Gasteiger partial charge in [0.1, 0.15) is 12.4 Å². The van der Waals surface area contributed by atoms with Crippen LogP contribution in [-0.2, 0) is 4.79 Å². The van der Waals surface area contributed by atoms with Gasteiger partial charge in [-0.05, 0) is 45.9 Å². The van der Waals surface area contributed by atoms with Crippen LogP contribution in [-0.4, -0.2) is 30.5 Å². The average molecular weight is 294 g/mol. The summed E-state index contributed by atoms with van der Waals surface area (Å²) >= 11 is 0. The molecule has 0 aliphatic carbocycles. The van der Waals surface area contributed by atoms with Gasteiger partial charge in [-0.25, -0.2) is 9.38 Å². The molecule has 0 unspecified atom stereocenters. The van der Waals surface area contributed by atoms with Gasteiger partial charge in [-0.1, -0.05) is 6.07 Å². The van der Waals surface area contributed by atoms with E-state index < -0.39 is 0 Å².